The molecule has 0 aliphatic heterocycles. The van der Waals surface area contributed by atoms with Gasteiger partial charge in [-0.1, -0.05) is 13.8 Å². The number of hydrogen-bond acceptors (Lipinski definition) is 3. The summed E-state index contributed by atoms with van der Waals surface area (Å²) in [6.45, 7) is 4.69. The zero-order valence-electron chi connectivity index (χ0n) is 13.9. The maximum absolute atomic E-state index is 13.0. The van der Waals surface area contributed by atoms with Crippen molar-refractivity contribution in [3.05, 3.63) is 0 Å². The van der Waals surface area contributed by atoms with E-state index >= 15 is 0 Å². The number of Topliss-reactive ketones (excluding diaryl/α,β-unsaturated/α-hetero) is 1. The lowest BCUT2D eigenvalue weighted by molar-refractivity contribution is -0.158. The van der Waals surface area contributed by atoms with Gasteiger partial charge in [-0.3, -0.25) is 4.79 Å². The van der Waals surface area contributed by atoms with Crippen molar-refractivity contribution in [2.24, 2.45) is 34.5 Å². The van der Waals surface area contributed by atoms with Crippen LogP contribution >= 0.6 is 0 Å². The van der Waals surface area contributed by atoms with Crippen LogP contribution in [0.4, 0.5) is 0 Å². The van der Waals surface area contributed by atoms with Gasteiger partial charge in [0.25, 0.3) is 0 Å². The summed E-state index contributed by atoms with van der Waals surface area (Å²) in [6.07, 6.45) is 7.04. The van der Waals surface area contributed by atoms with Crippen molar-refractivity contribution in [1.82, 2.24) is 0 Å². The molecule has 4 fully saturated rings. The Morgan fingerprint density at radius 2 is 1.77 bits per heavy atom. The first-order valence-electron chi connectivity index (χ1n) is 9.22. The van der Waals surface area contributed by atoms with Crippen LogP contribution in [0.2, 0.25) is 0 Å². The maximum Gasteiger partial charge on any atom is 0.136 e. The topological polar surface area (TPSA) is 57.5 Å². The molecule has 2 N–H and O–H groups in total. The number of carbonyl (C=O) groups excluding carboxylic acids is 1. The minimum Gasteiger partial charge on any atom is -0.393 e. The molecule has 22 heavy (non-hydrogen) atoms. The quantitative estimate of drug-likeness (QED) is 0.723. The minimum absolute atomic E-state index is 0.174. The fraction of sp³-hybridized carbons (Fsp3) is 0.947. The molecule has 0 saturated heterocycles. The van der Waals surface area contributed by atoms with E-state index in [2.05, 4.69) is 13.8 Å². The van der Waals surface area contributed by atoms with Gasteiger partial charge >= 0.3 is 0 Å². The molecule has 0 radical (unpaired) electrons. The second kappa shape index (κ2) is 4.80. The Hall–Kier alpha value is -0.410. The Bertz CT molecular complexity index is 489. The number of hydrogen-bond donors (Lipinski definition) is 2. The lowest BCUT2D eigenvalue weighted by Gasteiger charge is -2.59. The summed E-state index contributed by atoms with van der Waals surface area (Å²) < 4.78 is 0. The van der Waals surface area contributed by atoms with E-state index in [4.69, 9.17) is 0 Å². The van der Waals surface area contributed by atoms with E-state index in [1.807, 2.05) is 0 Å². The van der Waals surface area contributed by atoms with Gasteiger partial charge in [-0.2, -0.15) is 0 Å². The molecule has 0 heterocycles. The van der Waals surface area contributed by atoms with Crippen molar-refractivity contribution in [2.45, 2.75) is 77.4 Å². The van der Waals surface area contributed by atoms with E-state index < -0.39 is 0 Å². The summed E-state index contributed by atoms with van der Waals surface area (Å²) in [7, 11) is 0. The number of aliphatic hydroxyl groups is 2. The predicted octanol–water partition coefficient (Wildman–Crippen LogP) is 2.93. The van der Waals surface area contributed by atoms with Crippen molar-refractivity contribution >= 4 is 5.78 Å². The highest BCUT2D eigenvalue weighted by Gasteiger charge is 2.61. The second-order valence-corrected chi connectivity index (χ2v) is 9.33. The highest BCUT2D eigenvalue weighted by molar-refractivity contribution is 5.83. The second-order valence-electron chi connectivity index (χ2n) is 9.33. The van der Waals surface area contributed by atoms with E-state index in [9.17, 15) is 15.0 Å². The summed E-state index contributed by atoms with van der Waals surface area (Å²) in [5, 5.41) is 20.2. The first-order valence-corrected chi connectivity index (χ1v) is 9.22. The van der Waals surface area contributed by atoms with Crippen LogP contribution in [0.3, 0.4) is 0 Å². The van der Waals surface area contributed by atoms with E-state index in [-0.39, 0.29) is 29.0 Å². The predicted molar refractivity (Wildman–Crippen MR) is 84.1 cm³/mol. The highest BCUT2D eigenvalue weighted by atomic mass is 16.3. The minimum atomic E-state index is -0.208. The number of ketones is 1. The Morgan fingerprint density at radius 1 is 1.00 bits per heavy atom. The molecule has 0 unspecified atom stereocenters. The first kappa shape index (κ1) is 15.1. The SMILES string of the molecule is C[C@]12CC[C@@H]3[C@H](C(=O)C[C@H]4C[C@H](O)CC[C@@]43C)[C@@H]1C[C@@H](O)C2. The van der Waals surface area contributed by atoms with Gasteiger partial charge in [-0.05, 0) is 73.5 Å². The van der Waals surface area contributed by atoms with Crippen LogP contribution in [-0.4, -0.2) is 28.2 Å². The zero-order valence-corrected chi connectivity index (χ0v) is 13.9. The standard InChI is InChI=1S/C19H30O3/c1-18-5-4-14-17(15(18)9-13(21)10-18)16(22)8-11-7-12(20)3-6-19(11,14)2/h11-15,17,20-21H,3-10H2,1-2H3/t11-,12-,13-,14-,15+,17+,18-,19+/m1/s1. The summed E-state index contributed by atoms with van der Waals surface area (Å²) in [4.78, 5) is 13.0. The van der Waals surface area contributed by atoms with Crippen molar-refractivity contribution in [3.8, 4) is 0 Å². The molecule has 0 bridgehead atoms. The van der Waals surface area contributed by atoms with Crippen LogP contribution in [0.25, 0.3) is 0 Å². The molecule has 4 rings (SSSR count). The molecule has 0 aromatic rings. The number of fused-ring (bicyclic) bond motifs is 5. The van der Waals surface area contributed by atoms with E-state index in [1.54, 1.807) is 0 Å². The average molecular weight is 306 g/mol. The molecule has 3 heteroatoms. The van der Waals surface area contributed by atoms with E-state index in [0.717, 1.165) is 44.9 Å². The molecule has 8 atom stereocenters. The summed E-state index contributed by atoms with van der Waals surface area (Å²) in [5.41, 5.74) is 0.403. The Labute approximate surface area is 133 Å². The maximum atomic E-state index is 13.0. The number of aliphatic hydroxyl groups excluding tert-OH is 2. The van der Waals surface area contributed by atoms with Gasteiger partial charge in [-0.15, -0.1) is 0 Å². The van der Waals surface area contributed by atoms with Crippen LogP contribution in [0, 0.1) is 34.5 Å². The highest BCUT2D eigenvalue weighted by Crippen LogP contribution is 2.65. The van der Waals surface area contributed by atoms with Gasteiger partial charge in [0.15, 0.2) is 0 Å². The van der Waals surface area contributed by atoms with Gasteiger partial charge < -0.3 is 10.2 Å². The third-order valence-corrected chi connectivity index (χ3v) is 8.19. The summed E-state index contributed by atoms with van der Waals surface area (Å²) in [6, 6.07) is 0. The molecule has 4 aliphatic carbocycles. The molecular weight excluding hydrogens is 276 g/mol. The number of rotatable bonds is 0. The van der Waals surface area contributed by atoms with E-state index in [0.29, 0.717) is 30.0 Å². The van der Waals surface area contributed by atoms with Crippen LogP contribution in [0.15, 0.2) is 0 Å². The molecule has 0 aromatic heterocycles. The van der Waals surface area contributed by atoms with Gasteiger partial charge in [0.1, 0.15) is 5.78 Å². The van der Waals surface area contributed by atoms with Crippen LogP contribution in [-0.2, 0) is 4.79 Å². The molecule has 0 amide bonds. The largest absolute Gasteiger partial charge is 0.393 e. The normalized spacial score (nSPS) is 57.9. The van der Waals surface area contributed by atoms with Gasteiger partial charge in [-0.25, -0.2) is 0 Å². The lowest BCUT2D eigenvalue weighted by Crippen LogP contribution is -2.56. The van der Waals surface area contributed by atoms with Gasteiger partial charge in [0.2, 0.25) is 0 Å². The van der Waals surface area contributed by atoms with Gasteiger partial charge in [0.05, 0.1) is 12.2 Å². The van der Waals surface area contributed by atoms with E-state index in [1.165, 1.54) is 0 Å². The molecule has 0 aromatic carbocycles. The van der Waals surface area contributed by atoms with Crippen molar-refractivity contribution in [2.75, 3.05) is 0 Å². The van der Waals surface area contributed by atoms with Crippen LogP contribution < -0.4 is 0 Å². The third-order valence-electron chi connectivity index (χ3n) is 8.19. The monoisotopic (exact) mass is 306 g/mol. The molecule has 124 valence electrons. The summed E-state index contributed by atoms with van der Waals surface area (Å²) >= 11 is 0. The van der Waals surface area contributed by atoms with Crippen molar-refractivity contribution in [3.63, 3.8) is 0 Å². The zero-order chi connectivity index (χ0) is 15.7. The smallest absolute Gasteiger partial charge is 0.136 e. The molecule has 3 nitrogen and oxygen atoms in total. The van der Waals surface area contributed by atoms with Crippen molar-refractivity contribution < 1.29 is 15.0 Å². The van der Waals surface area contributed by atoms with Crippen LogP contribution in [0.1, 0.15) is 65.2 Å². The van der Waals surface area contributed by atoms with Crippen LogP contribution in [0.5, 0.6) is 0 Å². The fourth-order valence-electron chi connectivity index (χ4n) is 6.93. The summed E-state index contributed by atoms with van der Waals surface area (Å²) in [5.74, 6) is 1.85. The van der Waals surface area contributed by atoms with Gasteiger partial charge in [0, 0.05) is 12.3 Å². The van der Waals surface area contributed by atoms with Crippen molar-refractivity contribution in [1.29, 1.82) is 0 Å². The lowest BCUT2D eigenvalue weighted by atomic mass is 9.45. The molecule has 4 aliphatic rings. The molecular formula is C19H30O3. The first-order chi connectivity index (χ1) is 10.3. The Balaban J connectivity index is 1.68. The molecule has 4 saturated carbocycles. The molecule has 0 spiro atoms. The fourth-order valence-corrected chi connectivity index (χ4v) is 6.93. The Morgan fingerprint density at radius 3 is 2.55 bits per heavy atom. The Kier molecular flexibility index (Phi) is 3.30. The average Bonchev–Trinajstić information content (AvgIpc) is 2.75. The third kappa shape index (κ3) is 1.97. The number of carbonyl (C=O) groups is 1.